The highest BCUT2D eigenvalue weighted by Crippen LogP contribution is 2.13. The molecule has 216 valence electrons. The molecule has 0 fully saturated rings. The first-order valence-electron chi connectivity index (χ1n) is 15.7. The minimum absolute atomic E-state index is 0.110. The van der Waals surface area contributed by atoms with Crippen LogP contribution < -0.4 is 0 Å². The van der Waals surface area contributed by atoms with Gasteiger partial charge in [-0.2, -0.15) is 0 Å². The molecule has 0 aromatic rings. The summed E-state index contributed by atoms with van der Waals surface area (Å²) in [6, 6.07) is 0. The molecule has 0 radical (unpaired) electrons. The number of hydrogen-bond acceptors (Lipinski definition) is 5. The highest BCUT2D eigenvalue weighted by molar-refractivity contribution is 5.69. The Hall–Kier alpha value is -0.650. The lowest BCUT2D eigenvalue weighted by atomic mass is 10.0. The second-order valence-corrected chi connectivity index (χ2v) is 10.2. The molecule has 0 saturated heterocycles. The smallest absolute Gasteiger partial charge is 0.305 e. The van der Waals surface area contributed by atoms with Crippen LogP contribution in [0.15, 0.2) is 0 Å². The van der Waals surface area contributed by atoms with Crippen molar-refractivity contribution in [1.29, 1.82) is 0 Å². The molecule has 0 aromatic heterocycles. The first-order valence-corrected chi connectivity index (χ1v) is 15.7. The van der Waals surface area contributed by atoms with Gasteiger partial charge in [-0.25, -0.2) is 0 Å². The van der Waals surface area contributed by atoms with Crippen LogP contribution in [0.2, 0.25) is 0 Å². The quantitative estimate of drug-likeness (QED) is 0.0683. The fourth-order valence-corrected chi connectivity index (χ4v) is 4.28. The normalized spacial score (nSPS) is 11.3. The van der Waals surface area contributed by atoms with Crippen LogP contribution in [0.3, 0.4) is 0 Å². The number of unbranched alkanes of at least 4 members (excludes halogenated alkanes) is 18. The summed E-state index contributed by atoms with van der Waals surface area (Å²) in [7, 11) is 0. The molecule has 0 unspecified atom stereocenters. The summed E-state index contributed by atoms with van der Waals surface area (Å²) >= 11 is 0. The summed E-state index contributed by atoms with van der Waals surface area (Å²) in [5.41, 5.74) is 0. The molecule has 5 nitrogen and oxygen atoms in total. The van der Waals surface area contributed by atoms with E-state index in [2.05, 4.69) is 13.8 Å². The van der Waals surface area contributed by atoms with Crippen molar-refractivity contribution in [3.63, 3.8) is 0 Å². The molecule has 0 spiro atoms. The Morgan fingerprint density at radius 1 is 0.389 bits per heavy atom. The molecule has 0 amide bonds. The standard InChI is InChI=1S/C31H62O5/c1-3-5-7-9-11-12-13-14-15-16-17-18-20-22-24-33-25-26-34-27-28-35-29-30-36-31(32)23-21-19-10-8-6-4-2/h3-30H2,1-2H3. The van der Waals surface area contributed by atoms with Gasteiger partial charge >= 0.3 is 5.97 Å². The van der Waals surface area contributed by atoms with Gasteiger partial charge in [0.2, 0.25) is 0 Å². The van der Waals surface area contributed by atoms with E-state index in [0.717, 1.165) is 25.9 Å². The van der Waals surface area contributed by atoms with E-state index < -0.39 is 0 Å². The summed E-state index contributed by atoms with van der Waals surface area (Å²) < 4.78 is 21.8. The third-order valence-corrected chi connectivity index (χ3v) is 6.61. The Balaban J connectivity index is 3.09. The van der Waals surface area contributed by atoms with Gasteiger partial charge in [0.05, 0.1) is 33.0 Å². The molecule has 0 bridgehead atoms. The third kappa shape index (κ3) is 31.4. The number of carbonyl (C=O) groups excluding carboxylic acids is 1. The summed E-state index contributed by atoms with van der Waals surface area (Å²) in [5.74, 6) is -0.110. The van der Waals surface area contributed by atoms with E-state index in [4.69, 9.17) is 18.9 Å². The summed E-state index contributed by atoms with van der Waals surface area (Å²) in [5, 5.41) is 0. The van der Waals surface area contributed by atoms with E-state index in [0.29, 0.717) is 46.1 Å². The Morgan fingerprint density at radius 2 is 0.722 bits per heavy atom. The molecule has 0 atom stereocenters. The predicted molar refractivity (Wildman–Crippen MR) is 152 cm³/mol. The molecule has 0 heterocycles. The van der Waals surface area contributed by atoms with Crippen molar-refractivity contribution in [2.45, 2.75) is 149 Å². The van der Waals surface area contributed by atoms with E-state index in [9.17, 15) is 4.79 Å². The largest absolute Gasteiger partial charge is 0.463 e. The van der Waals surface area contributed by atoms with Crippen LogP contribution in [-0.4, -0.2) is 52.2 Å². The predicted octanol–water partition coefficient (Wildman–Crippen LogP) is 8.81. The Bertz CT molecular complexity index is 416. The number of hydrogen-bond donors (Lipinski definition) is 0. The van der Waals surface area contributed by atoms with E-state index in [-0.39, 0.29) is 5.97 Å². The van der Waals surface area contributed by atoms with Gasteiger partial charge in [0.1, 0.15) is 6.61 Å². The van der Waals surface area contributed by atoms with Gasteiger partial charge in [-0.15, -0.1) is 0 Å². The Kier molecular flexibility index (Phi) is 31.8. The molecule has 0 aliphatic carbocycles. The molecule has 0 aliphatic heterocycles. The van der Waals surface area contributed by atoms with Crippen molar-refractivity contribution < 1.29 is 23.7 Å². The first-order chi connectivity index (χ1) is 17.8. The zero-order chi connectivity index (χ0) is 26.2. The average molecular weight is 515 g/mol. The van der Waals surface area contributed by atoms with Gasteiger partial charge in [0.15, 0.2) is 0 Å². The van der Waals surface area contributed by atoms with Crippen LogP contribution in [0, 0.1) is 0 Å². The van der Waals surface area contributed by atoms with Crippen molar-refractivity contribution in [3.05, 3.63) is 0 Å². The second kappa shape index (κ2) is 32.4. The second-order valence-electron chi connectivity index (χ2n) is 10.2. The van der Waals surface area contributed by atoms with Crippen molar-refractivity contribution >= 4 is 5.97 Å². The Labute approximate surface area is 224 Å². The van der Waals surface area contributed by atoms with Crippen molar-refractivity contribution in [3.8, 4) is 0 Å². The van der Waals surface area contributed by atoms with E-state index >= 15 is 0 Å². The molecule has 5 heteroatoms. The van der Waals surface area contributed by atoms with Crippen LogP contribution in [0.5, 0.6) is 0 Å². The highest BCUT2D eigenvalue weighted by atomic mass is 16.6. The topological polar surface area (TPSA) is 54.0 Å². The number of ether oxygens (including phenoxy) is 4. The maximum Gasteiger partial charge on any atom is 0.305 e. The average Bonchev–Trinajstić information content (AvgIpc) is 2.88. The fourth-order valence-electron chi connectivity index (χ4n) is 4.28. The maximum atomic E-state index is 11.6. The van der Waals surface area contributed by atoms with Crippen LogP contribution in [-0.2, 0) is 23.7 Å². The van der Waals surface area contributed by atoms with Crippen LogP contribution >= 0.6 is 0 Å². The SMILES string of the molecule is CCCCCCCCCCCCCCCCOCCOCCOCCOC(=O)CCCCCCCC. The van der Waals surface area contributed by atoms with Gasteiger partial charge in [-0.05, 0) is 12.8 Å². The number of esters is 1. The molecule has 0 N–H and O–H groups in total. The van der Waals surface area contributed by atoms with Gasteiger partial charge in [-0.1, -0.05) is 129 Å². The number of rotatable bonds is 31. The zero-order valence-corrected chi connectivity index (χ0v) is 24.3. The van der Waals surface area contributed by atoms with Gasteiger partial charge in [-0.3, -0.25) is 4.79 Å². The molecule has 0 aliphatic rings. The maximum absolute atomic E-state index is 11.6. The summed E-state index contributed by atoms with van der Waals surface area (Å²) in [6.45, 7) is 8.42. The molecular formula is C31H62O5. The monoisotopic (exact) mass is 514 g/mol. The minimum atomic E-state index is -0.110. The van der Waals surface area contributed by atoms with E-state index in [1.165, 1.54) is 109 Å². The summed E-state index contributed by atoms with van der Waals surface area (Å²) in [4.78, 5) is 11.6. The van der Waals surface area contributed by atoms with Gasteiger partial charge < -0.3 is 18.9 Å². The van der Waals surface area contributed by atoms with Crippen molar-refractivity contribution in [2.75, 3.05) is 46.2 Å². The van der Waals surface area contributed by atoms with Crippen LogP contribution in [0.1, 0.15) is 149 Å². The lowest BCUT2D eigenvalue weighted by Gasteiger charge is -2.08. The van der Waals surface area contributed by atoms with Crippen molar-refractivity contribution in [1.82, 2.24) is 0 Å². The Morgan fingerprint density at radius 3 is 1.17 bits per heavy atom. The van der Waals surface area contributed by atoms with Crippen LogP contribution in [0.4, 0.5) is 0 Å². The van der Waals surface area contributed by atoms with Crippen LogP contribution in [0.25, 0.3) is 0 Å². The van der Waals surface area contributed by atoms with Crippen molar-refractivity contribution in [2.24, 2.45) is 0 Å². The molecule has 0 saturated carbocycles. The zero-order valence-electron chi connectivity index (χ0n) is 24.3. The number of carbonyl (C=O) groups is 1. The third-order valence-electron chi connectivity index (χ3n) is 6.61. The molecular weight excluding hydrogens is 452 g/mol. The van der Waals surface area contributed by atoms with Gasteiger partial charge in [0.25, 0.3) is 0 Å². The fraction of sp³-hybridized carbons (Fsp3) is 0.968. The minimum Gasteiger partial charge on any atom is -0.463 e. The van der Waals surface area contributed by atoms with E-state index in [1.54, 1.807) is 0 Å². The highest BCUT2D eigenvalue weighted by Gasteiger charge is 2.02. The lowest BCUT2D eigenvalue weighted by molar-refractivity contribution is -0.145. The van der Waals surface area contributed by atoms with Gasteiger partial charge in [0, 0.05) is 13.0 Å². The summed E-state index contributed by atoms with van der Waals surface area (Å²) in [6.07, 6.45) is 26.9. The molecule has 36 heavy (non-hydrogen) atoms. The van der Waals surface area contributed by atoms with E-state index in [1.807, 2.05) is 0 Å². The molecule has 0 rings (SSSR count). The first kappa shape index (κ1) is 35.4. The molecule has 0 aromatic carbocycles. The lowest BCUT2D eigenvalue weighted by Crippen LogP contribution is -2.14.